The molecule has 0 bridgehead atoms. The lowest BCUT2D eigenvalue weighted by Gasteiger charge is -2.08. The number of carbonyl (C=O) groups is 1. The van der Waals surface area contributed by atoms with Crippen LogP contribution in [0.15, 0.2) is 57.9 Å². The van der Waals surface area contributed by atoms with E-state index in [1.54, 1.807) is 43.3 Å². The number of nitrogens with one attached hydrogen (secondary N) is 1. The molecule has 0 aliphatic heterocycles. The number of rotatable bonds is 6. The molecule has 2 aromatic rings. The molecule has 0 fully saturated rings. The van der Waals surface area contributed by atoms with E-state index < -0.39 is 16.0 Å². The Labute approximate surface area is 143 Å². The van der Waals surface area contributed by atoms with E-state index in [0.29, 0.717) is 12.2 Å². The Hall–Kier alpha value is -1.70. The van der Waals surface area contributed by atoms with Crippen molar-refractivity contribution in [3.63, 3.8) is 0 Å². The highest BCUT2D eigenvalue weighted by Gasteiger charge is 2.13. The molecule has 0 radical (unpaired) electrons. The molecule has 0 aliphatic carbocycles. The van der Waals surface area contributed by atoms with E-state index in [1.807, 2.05) is 0 Å². The summed E-state index contributed by atoms with van der Waals surface area (Å²) >= 11 is 3.26. The Morgan fingerprint density at radius 2 is 1.70 bits per heavy atom. The molecule has 0 saturated carbocycles. The minimum atomic E-state index is -3.57. The molecular formula is C16H16BrNO4S. The van der Waals surface area contributed by atoms with Crippen molar-refractivity contribution < 1.29 is 17.9 Å². The second-order valence-corrected chi connectivity index (χ2v) is 7.38. The van der Waals surface area contributed by atoms with E-state index in [1.165, 1.54) is 12.1 Å². The standard InChI is InChI=1S/C16H16BrNO4S/c1-2-22-16(19)13-5-3-12(4-6-13)11-18-23(20,21)15-9-7-14(17)8-10-15/h3-10,18H,2,11H2,1H3. The number of benzene rings is 2. The van der Waals surface area contributed by atoms with Crippen molar-refractivity contribution >= 4 is 31.9 Å². The highest BCUT2D eigenvalue weighted by atomic mass is 79.9. The molecular weight excluding hydrogens is 382 g/mol. The van der Waals surface area contributed by atoms with Crippen molar-refractivity contribution in [2.24, 2.45) is 0 Å². The van der Waals surface area contributed by atoms with Crippen LogP contribution in [0, 0.1) is 0 Å². The average molecular weight is 398 g/mol. The van der Waals surface area contributed by atoms with E-state index in [2.05, 4.69) is 20.7 Å². The minimum absolute atomic E-state index is 0.140. The molecule has 0 atom stereocenters. The lowest BCUT2D eigenvalue weighted by molar-refractivity contribution is 0.0526. The summed E-state index contributed by atoms with van der Waals surface area (Å²) in [6.07, 6.45) is 0. The van der Waals surface area contributed by atoms with Gasteiger partial charge in [0.25, 0.3) is 0 Å². The second-order valence-electron chi connectivity index (χ2n) is 4.70. The number of esters is 1. The molecule has 2 aromatic carbocycles. The van der Waals surface area contributed by atoms with Crippen LogP contribution in [-0.2, 0) is 21.3 Å². The zero-order valence-electron chi connectivity index (χ0n) is 12.5. The zero-order chi connectivity index (χ0) is 16.9. The van der Waals surface area contributed by atoms with Crippen LogP contribution in [0.1, 0.15) is 22.8 Å². The predicted octanol–water partition coefficient (Wildman–Crippen LogP) is 3.10. The fourth-order valence-corrected chi connectivity index (χ4v) is 3.13. The van der Waals surface area contributed by atoms with Crippen LogP contribution in [0.25, 0.3) is 0 Å². The van der Waals surface area contributed by atoms with Crippen LogP contribution in [-0.4, -0.2) is 21.0 Å². The van der Waals surface area contributed by atoms with Crippen molar-refractivity contribution in [3.8, 4) is 0 Å². The fourth-order valence-electron chi connectivity index (χ4n) is 1.85. The Morgan fingerprint density at radius 1 is 1.09 bits per heavy atom. The summed E-state index contributed by atoms with van der Waals surface area (Å²) in [7, 11) is -3.57. The van der Waals surface area contributed by atoms with Crippen LogP contribution >= 0.6 is 15.9 Å². The molecule has 122 valence electrons. The van der Waals surface area contributed by atoms with Crippen molar-refractivity contribution in [1.29, 1.82) is 0 Å². The highest BCUT2D eigenvalue weighted by molar-refractivity contribution is 9.10. The third-order valence-corrected chi connectivity index (χ3v) is 5.00. The molecule has 0 unspecified atom stereocenters. The molecule has 1 N–H and O–H groups in total. The molecule has 0 aromatic heterocycles. The smallest absolute Gasteiger partial charge is 0.338 e. The van der Waals surface area contributed by atoms with Gasteiger partial charge >= 0.3 is 5.97 Å². The topological polar surface area (TPSA) is 72.5 Å². The first-order chi connectivity index (χ1) is 10.9. The summed E-state index contributed by atoms with van der Waals surface area (Å²) in [5.74, 6) is -0.394. The maximum atomic E-state index is 12.2. The maximum Gasteiger partial charge on any atom is 0.338 e. The molecule has 0 amide bonds. The first kappa shape index (κ1) is 17.7. The predicted molar refractivity (Wildman–Crippen MR) is 90.6 cm³/mol. The van der Waals surface area contributed by atoms with Gasteiger partial charge in [0.2, 0.25) is 10.0 Å². The van der Waals surface area contributed by atoms with Gasteiger partial charge in [-0.25, -0.2) is 17.9 Å². The summed E-state index contributed by atoms with van der Waals surface area (Å²) in [5, 5.41) is 0. The van der Waals surface area contributed by atoms with Crippen LogP contribution < -0.4 is 4.72 Å². The van der Waals surface area contributed by atoms with Crippen molar-refractivity contribution in [2.75, 3.05) is 6.61 Å². The number of hydrogen-bond acceptors (Lipinski definition) is 4. The summed E-state index contributed by atoms with van der Waals surface area (Å²) in [6, 6.07) is 13.0. The van der Waals surface area contributed by atoms with Gasteiger partial charge in [-0.1, -0.05) is 28.1 Å². The van der Waals surface area contributed by atoms with Crippen molar-refractivity contribution in [2.45, 2.75) is 18.4 Å². The molecule has 0 saturated heterocycles. The van der Waals surface area contributed by atoms with E-state index in [-0.39, 0.29) is 11.4 Å². The summed E-state index contributed by atoms with van der Waals surface area (Å²) < 4.78 is 32.6. The van der Waals surface area contributed by atoms with E-state index in [9.17, 15) is 13.2 Å². The fraction of sp³-hybridized carbons (Fsp3) is 0.188. The number of hydrogen-bond donors (Lipinski definition) is 1. The Kier molecular flexibility index (Phi) is 5.92. The van der Waals surface area contributed by atoms with Crippen LogP contribution in [0.4, 0.5) is 0 Å². The van der Waals surface area contributed by atoms with Gasteiger partial charge in [-0.3, -0.25) is 0 Å². The lowest BCUT2D eigenvalue weighted by atomic mass is 10.1. The van der Waals surface area contributed by atoms with Gasteiger partial charge < -0.3 is 4.74 Å². The van der Waals surface area contributed by atoms with E-state index >= 15 is 0 Å². The third-order valence-electron chi connectivity index (χ3n) is 3.06. The summed E-state index contributed by atoms with van der Waals surface area (Å²) in [4.78, 5) is 11.7. The van der Waals surface area contributed by atoms with Crippen LogP contribution in [0.3, 0.4) is 0 Å². The molecule has 0 heterocycles. The van der Waals surface area contributed by atoms with Gasteiger partial charge in [0.15, 0.2) is 0 Å². The number of ether oxygens (including phenoxy) is 1. The van der Waals surface area contributed by atoms with Crippen molar-refractivity contribution in [3.05, 3.63) is 64.1 Å². The second kappa shape index (κ2) is 7.72. The summed E-state index contributed by atoms with van der Waals surface area (Å²) in [5.41, 5.74) is 1.19. The van der Waals surface area contributed by atoms with Gasteiger partial charge in [0.1, 0.15) is 0 Å². The number of carbonyl (C=O) groups excluding carboxylic acids is 1. The van der Waals surface area contributed by atoms with Gasteiger partial charge in [-0.05, 0) is 48.9 Å². The first-order valence-electron chi connectivity index (χ1n) is 6.93. The van der Waals surface area contributed by atoms with Gasteiger partial charge in [-0.15, -0.1) is 0 Å². The van der Waals surface area contributed by atoms with Crippen molar-refractivity contribution in [1.82, 2.24) is 4.72 Å². The Balaban J connectivity index is 2.02. The van der Waals surface area contributed by atoms with Crippen LogP contribution in [0.5, 0.6) is 0 Å². The van der Waals surface area contributed by atoms with Crippen LogP contribution in [0.2, 0.25) is 0 Å². The molecule has 2 rings (SSSR count). The molecule has 0 aliphatic rings. The largest absolute Gasteiger partial charge is 0.462 e. The molecule has 5 nitrogen and oxygen atoms in total. The first-order valence-corrected chi connectivity index (χ1v) is 9.21. The number of halogens is 1. The quantitative estimate of drug-likeness (QED) is 0.759. The monoisotopic (exact) mass is 397 g/mol. The summed E-state index contributed by atoms with van der Waals surface area (Å²) in [6.45, 7) is 2.19. The molecule has 0 spiro atoms. The Bertz CT molecular complexity index is 771. The zero-order valence-corrected chi connectivity index (χ0v) is 14.9. The minimum Gasteiger partial charge on any atom is -0.462 e. The number of sulfonamides is 1. The third kappa shape index (κ3) is 4.89. The maximum absolute atomic E-state index is 12.2. The normalized spacial score (nSPS) is 11.2. The van der Waals surface area contributed by atoms with E-state index in [0.717, 1.165) is 10.0 Å². The van der Waals surface area contributed by atoms with Gasteiger partial charge in [0, 0.05) is 11.0 Å². The Morgan fingerprint density at radius 3 is 2.26 bits per heavy atom. The van der Waals surface area contributed by atoms with Gasteiger partial charge in [0.05, 0.1) is 17.1 Å². The van der Waals surface area contributed by atoms with E-state index in [4.69, 9.17) is 4.74 Å². The lowest BCUT2D eigenvalue weighted by Crippen LogP contribution is -2.23. The highest BCUT2D eigenvalue weighted by Crippen LogP contribution is 2.15. The molecule has 23 heavy (non-hydrogen) atoms. The average Bonchev–Trinajstić information content (AvgIpc) is 2.54. The SMILES string of the molecule is CCOC(=O)c1ccc(CNS(=O)(=O)c2ccc(Br)cc2)cc1. The van der Waals surface area contributed by atoms with Gasteiger partial charge in [-0.2, -0.15) is 0 Å². The molecule has 7 heteroatoms.